The van der Waals surface area contributed by atoms with Crippen molar-refractivity contribution in [2.24, 2.45) is 5.92 Å². The summed E-state index contributed by atoms with van der Waals surface area (Å²) in [6.45, 7) is 4.33. The van der Waals surface area contributed by atoms with Crippen molar-refractivity contribution in [1.82, 2.24) is 15.2 Å². The van der Waals surface area contributed by atoms with E-state index >= 15 is 0 Å². The third kappa shape index (κ3) is 3.01. The Labute approximate surface area is 150 Å². The van der Waals surface area contributed by atoms with E-state index in [4.69, 9.17) is 4.74 Å². The van der Waals surface area contributed by atoms with Crippen molar-refractivity contribution in [3.05, 3.63) is 65.9 Å². The van der Waals surface area contributed by atoms with E-state index in [2.05, 4.69) is 39.6 Å². The highest BCUT2D eigenvalue weighted by Crippen LogP contribution is 2.31. The van der Waals surface area contributed by atoms with Gasteiger partial charge in [-0.1, -0.05) is 35.6 Å². The van der Waals surface area contributed by atoms with Gasteiger partial charge in [0.25, 0.3) is 5.19 Å². The van der Waals surface area contributed by atoms with Gasteiger partial charge in [-0.25, -0.2) is 4.98 Å². The number of para-hydroxylation sites is 1. The lowest BCUT2D eigenvalue weighted by Crippen LogP contribution is -2.23. The topological polar surface area (TPSA) is 37.4 Å². The first-order valence-electron chi connectivity index (χ1n) is 8.60. The zero-order valence-corrected chi connectivity index (χ0v) is 14.6. The molecule has 1 saturated heterocycles. The lowest BCUT2D eigenvalue weighted by molar-refractivity contribution is 0.316. The Kier molecular flexibility index (Phi) is 3.68. The molecule has 1 atom stereocenters. The molecule has 3 aromatic rings. The van der Waals surface area contributed by atoms with Crippen molar-refractivity contribution >= 4 is 21.6 Å². The molecule has 2 aliphatic rings. The van der Waals surface area contributed by atoms with Crippen LogP contribution in [0.4, 0.5) is 0 Å². The van der Waals surface area contributed by atoms with Gasteiger partial charge in [0.05, 0.1) is 10.2 Å². The van der Waals surface area contributed by atoms with Gasteiger partial charge >= 0.3 is 0 Å². The summed E-state index contributed by atoms with van der Waals surface area (Å²) in [6, 6.07) is 16.5. The monoisotopic (exact) mass is 349 g/mol. The highest BCUT2D eigenvalue weighted by atomic mass is 32.1. The largest absolute Gasteiger partial charge is 0.431 e. The SMILES string of the molecule is C1=C2CN(Cc3ccc(Oc4nc5ccccc5s4)cc3)CC2CN1. The lowest BCUT2D eigenvalue weighted by atomic mass is 10.1. The van der Waals surface area contributed by atoms with Crippen LogP contribution in [-0.2, 0) is 6.54 Å². The van der Waals surface area contributed by atoms with E-state index in [1.807, 2.05) is 30.3 Å². The molecule has 0 amide bonds. The maximum Gasteiger partial charge on any atom is 0.279 e. The first-order valence-corrected chi connectivity index (χ1v) is 9.42. The quantitative estimate of drug-likeness (QED) is 0.772. The summed E-state index contributed by atoms with van der Waals surface area (Å²) in [5, 5.41) is 4.03. The number of hydrogen-bond donors (Lipinski definition) is 1. The van der Waals surface area contributed by atoms with E-state index in [0.717, 1.165) is 42.1 Å². The van der Waals surface area contributed by atoms with Gasteiger partial charge in [-0.3, -0.25) is 4.90 Å². The number of thiazole rings is 1. The van der Waals surface area contributed by atoms with Crippen molar-refractivity contribution in [1.29, 1.82) is 0 Å². The normalized spacial score (nSPS) is 19.7. The molecule has 1 unspecified atom stereocenters. The molecule has 5 rings (SSSR count). The predicted octanol–water partition coefficient (Wildman–Crippen LogP) is 4.01. The van der Waals surface area contributed by atoms with Crippen LogP contribution in [0.25, 0.3) is 10.2 Å². The van der Waals surface area contributed by atoms with Crippen molar-refractivity contribution in [3.63, 3.8) is 0 Å². The third-order valence-electron chi connectivity index (χ3n) is 4.87. The number of rotatable bonds is 4. The Morgan fingerprint density at radius 2 is 2.04 bits per heavy atom. The number of aromatic nitrogens is 1. The first kappa shape index (κ1) is 14.9. The highest BCUT2D eigenvalue weighted by Gasteiger charge is 2.29. The number of fused-ring (bicyclic) bond motifs is 2. The third-order valence-corrected chi connectivity index (χ3v) is 5.78. The molecular formula is C20H19N3OS. The standard InChI is InChI=1S/C20H19N3OS/c1-2-4-19-18(3-1)22-20(25-19)24-17-7-5-14(6-8-17)11-23-12-15-9-21-10-16(15)13-23/h1-9,16,21H,10-13H2. The minimum atomic E-state index is 0.695. The lowest BCUT2D eigenvalue weighted by Gasteiger charge is -2.16. The number of benzene rings is 2. The number of likely N-dealkylation sites (tertiary alicyclic amines) is 1. The van der Waals surface area contributed by atoms with E-state index in [1.165, 1.54) is 5.56 Å². The van der Waals surface area contributed by atoms with Gasteiger partial charge < -0.3 is 10.1 Å². The second-order valence-electron chi connectivity index (χ2n) is 6.69. The molecule has 1 N–H and O–H groups in total. The van der Waals surface area contributed by atoms with Crippen molar-refractivity contribution in [2.75, 3.05) is 19.6 Å². The first-order chi connectivity index (χ1) is 12.3. The molecule has 3 heterocycles. The van der Waals surface area contributed by atoms with Gasteiger partial charge in [-0.2, -0.15) is 0 Å². The number of nitrogens with one attached hydrogen (secondary N) is 1. The fourth-order valence-corrected chi connectivity index (χ4v) is 4.44. The minimum Gasteiger partial charge on any atom is -0.431 e. The predicted molar refractivity (Wildman–Crippen MR) is 101 cm³/mol. The molecule has 2 aliphatic heterocycles. The molecule has 0 spiro atoms. The fourth-order valence-electron chi connectivity index (χ4n) is 3.61. The molecule has 25 heavy (non-hydrogen) atoms. The summed E-state index contributed by atoms with van der Waals surface area (Å²) in [5.41, 5.74) is 3.86. The highest BCUT2D eigenvalue weighted by molar-refractivity contribution is 7.20. The molecule has 4 nitrogen and oxygen atoms in total. The van der Waals surface area contributed by atoms with Crippen LogP contribution in [-0.4, -0.2) is 29.5 Å². The van der Waals surface area contributed by atoms with Crippen LogP contribution in [0.1, 0.15) is 5.56 Å². The van der Waals surface area contributed by atoms with Gasteiger partial charge in [-0.15, -0.1) is 0 Å². The van der Waals surface area contributed by atoms with E-state index in [-0.39, 0.29) is 0 Å². The zero-order valence-electron chi connectivity index (χ0n) is 13.8. The molecular weight excluding hydrogens is 330 g/mol. The van der Waals surface area contributed by atoms with E-state index < -0.39 is 0 Å². The Bertz CT molecular complexity index is 899. The van der Waals surface area contributed by atoms with E-state index in [1.54, 1.807) is 16.9 Å². The van der Waals surface area contributed by atoms with Crippen molar-refractivity contribution in [3.8, 4) is 10.9 Å². The molecule has 5 heteroatoms. The van der Waals surface area contributed by atoms with Crippen LogP contribution < -0.4 is 10.1 Å². The number of hydrogen-bond acceptors (Lipinski definition) is 5. The average Bonchev–Trinajstić information content (AvgIpc) is 3.30. The summed E-state index contributed by atoms with van der Waals surface area (Å²) < 4.78 is 7.08. The number of ether oxygens (including phenoxy) is 1. The van der Waals surface area contributed by atoms with Crippen LogP contribution in [0.2, 0.25) is 0 Å². The van der Waals surface area contributed by atoms with Crippen LogP contribution in [0.3, 0.4) is 0 Å². The van der Waals surface area contributed by atoms with Gasteiger partial charge in [0.15, 0.2) is 0 Å². The van der Waals surface area contributed by atoms with Crippen LogP contribution in [0.5, 0.6) is 10.9 Å². The molecule has 0 radical (unpaired) electrons. The number of nitrogens with zero attached hydrogens (tertiary/aromatic N) is 2. The fraction of sp³-hybridized carbons (Fsp3) is 0.250. The second-order valence-corrected chi connectivity index (χ2v) is 7.68. The summed E-state index contributed by atoms with van der Waals surface area (Å²) >= 11 is 1.58. The Morgan fingerprint density at radius 1 is 1.16 bits per heavy atom. The van der Waals surface area contributed by atoms with Crippen molar-refractivity contribution in [2.45, 2.75) is 6.54 Å². The maximum atomic E-state index is 5.93. The van der Waals surface area contributed by atoms with Crippen molar-refractivity contribution < 1.29 is 4.74 Å². The summed E-state index contributed by atoms with van der Waals surface area (Å²) in [5.74, 6) is 1.55. The smallest absolute Gasteiger partial charge is 0.279 e. The molecule has 126 valence electrons. The Morgan fingerprint density at radius 3 is 2.88 bits per heavy atom. The second kappa shape index (κ2) is 6.17. The minimum absolute atomic E-state index is 0.695. The van der Waals surface area contributed by atoms with E-state index in [9.17, 15) is 0 Å². The van der Waals surface area contributed by atoms with Crippen LogP contribution in [0, 0.1) is 5.92 Å². The van der Waals surface area contributed by atoms with Crippen LogP contribution >= 0.6 is 11.3 Å². The molecule has 2 aromatic carbocycles. The zero-order chi connectivity index (χ0) is 16.6. The average molecular weight is 349 g/mol. The van der Waals surface area contributed by atoms with Gasteiger partial charge in [0.2, 0.25) is 0 Å². The van der Waals surface area contributed by atoms with Gasteiger partial charge in [0.1, 0.15) is 5.75 Å². The summed E-state index contributed by atoms with van der Waals surface area (Å²) in [7, 11) is 0. The van der Waals surface area contributed by atoms with E-state index in [0.29, 0.717) is 11.1 Å². The molecule has 1 aromatic heterocycles. The Hall–Kier alpha value is -2.37. The van der Waals surface area contributed by atoms with Gasteiger partial charge in [0, 0.05) is 32.1 Å². The summed E-state index contributed by atoms with van der Waals surface area (Å²) in [4.78, 5) is 7.04. The summed E-state index contributed by atoms with van der Waals surface area (Å²) in [6.07, 6.45) is 2.19. The maximum absolute atomic E-state index is 5.93. The van der Waals surface area contributed by atoms with Crippen LogP contribution in [0.15, 0.2) is 60.3 Å². The Balaban J connectivity index is 1.25. The molecule has 0 bridgehead atoms. The molecule has 1 fully saturated rings. The van der Waals surface area contributed by atoms with Gasteiger partial charge in [-0.05, 0) is 41.6 Å². The molecule has 0 saturated carbocycles. The molecule has 0 aliphatic carbocycles.